The van der Waals surface area contributed by atoms with Gasteiger partial charge < -0.3 is 34.0 Å². The van der Waals surface area contributed by atoms with Crippen LogP contribution in [0.1, 0.15) is 11.1 Å². The van der Waals surface area contributed by atoms with Crippen LogP contribution in [0.25, 0.3) is 0 Å². The molecule has 0 N–H and O–H groups in total. The number of benzene rings is 7. The van der Waals surface area contributed by atoms with E-state index >= 15 is 0 Å². The van der Waals surface area contributed by atoms with Crippen LogP contribution in [0.4, 0.5) is 0 Å². The van der Waals surface area contributed by atoms with Crippen LogP contribution in [0.2, 0.25) is 20.1 Å². The van der Waals surface area contributed by atoms with E-state index in [2.05, 4.69) is 182 Å². The van der Waals surface area contributed by atoms with Gasteiger partial charge >= 0.3 is 0 Å². The normalized spacial score (nSPS) is 11.3. The fourth-order valence-electron chi connectivity index (χ4n) is 7.01. The van der Waals surface area contributed by atoms with Crippen LogP contribution in [-0.4, -0.2) is 0 Å². The zero-order chi connectivity index (χ0) is 34.6. The van der Waals surface area contributed by atoms with Crippen molar-refractivity contribution in [3.05, 3.63) is 213 Å². The van der Waals surface area contributed by atoms with E-state index in [-0.39, 0.29) is 34.0 Å². The molecule has 0 spiro atoms. The lowest BCUT2D eigenvalue weighted by Gasteiger charge is -2.30. The SMILES string of the molecule is Clc1c(Cl)c(C[P+](c2ccccc2)(c2ccccc2)c2ccccc2)c(Cl)c(Cl)c1C[P+](c1ccccc1)(c1ccccc1)c1ccccc1.[Br-].[Br-]. The number of hydrogen-bond donors (Lipinski definition) is 0. The van der Waals surface area contributed by atoms with Crippen LogP contribution in [0.3, 0.4) is 0 Å². The van der Waals surface area contributed by atoms with Crippen molar-refractivity contribution in [2.75, 3.05) is 0 Å². The number of halogens is 6. The summed E-state index contributed by atoms with van der Waals surface area (Å²) in [5.41, 5.74) is 1.53. The van der Waals surface area contributed by atoms with Gasteiger partial charge in [-0.3, -0.25) is 0 Å². The van der Waals surface area contributed by atoms with Gasteiger partial charge in [0.25, 0.3) is 0 Å². The highest BCUT2D eigenvalue weighted by atomic mass is 79.9. The summed E-state index contributed by atoms with van der Waals surface area (Å²) in [6.45, 7) is 0. The third-order valence-corrected chi connectivity index (χ3v) is 19.9. The Morgan fingerprint density at radius 3 is 0.577 bits per heavy atom. The van der Waals surface area contributed by atoms with Crippen LogP contribution in [0.15, 0.2) is 182 Å². The summed E-state index contributed by atoms with van der Waals surface area (Å²) >= 11 is 29.9. The van der Waals surface area contributed by atoms with Gasteiger partial charge in [-0.25, -0.2) is 0 Å². The van der Waals surface area contributed by atoms with E-state index in [0.29, 0.717) is 32.4 Å². The Bertz CT molecular complexity index is 1810. The molecule has 0 aliphatic heterocycles. The second-order valence-corrected chi connectivity index (χ2v) is 20.6. The van der Waals surface area contributed by atoms with Crippen molar-refractivity contribution >= 4 is 92.8 Å². The highest BCUT2D eigenvalue weighted by molar-refractivity contribution is 7.95. The van der Waals surface area contributed by atoms with Gasteiger partial charge in [0.2, 0.25) is 0 Å². The summed E-state index contributed by atoms with van der Waals surface area (Å²) < 4.78 is 0. The largest absolute Gasteiger partial charge is 1.00 e. The number of rotatable bonds is 10. The fraction of sp³-hybridized carbons (Fsp3) is 0.0455. The third-order valence-electron chi connectivity index (χ3n) is 9.42. The first-order valence-corrected chi connectivity index (χ1v) is 21.9. The third kappa shape index (κ3) is 7.71. The average Bonchev–Trinajstić information content (AvgIpc) is 3.20. The molecule has 0 atom stereocenters. The summed E-state index contributed by atoms with van der Waals surface area (Å²) in [6.07, 6.45) is 1.11. The highest BCUT2D eigenvalue weighted by Crippen LogP contribution is 2.63. The van der Waals surface area contributed by atoms with E-state index in [9.17, 15) is 0 Å². The molecule has 0 fully saturated rings. The van der Waals surface area contributed by atoms with Gasteiger partial charge in [-0.15, -0.1) is 0 Å². The molecule has 52 heavy (non-hydrogen) atoms. The topological polar surface area (TPSA) is 0 Å². The standard InChI is InChI=1S/C44H34Cl4P2.2BrH/c45-41-39(31-49(33-19-7-1-8-20-33,34-21-9-2-10-22-34)35-23-11-3-12-24-35)42(46)44(48)40(43(41)47)32-50(36-25-13-4-14-26-36,37-27-15-5-16-28-37)38-29-17-6-18-30-38;;/h1-30H,31-32H2;2*1H/q+2;;/p-2. The molecule has 0 unspecified atom stereocenters. The predicted octanol–water partition coefficient (Wildman–Crippen LogP) is 5.30. The van der Waals surface area contributed by atoms with E-state index < -0.39 is 14.5 Å². The summed E-state index contributed by atoms with van der Waals surface area (Å²) in [4.78, 5) is 0. The first-order valence-electron chi connectivity index (χ1n) is 16.4. The van der Waals surface area contributed by atoms with E-state index in [1.807, 2.05) is 0 Å². The van der Waals surface area contributed by atoms with E-state index in [1.54, 1.807) is 0 Å². The molecular formula is C44H34Br2Cl4P2. The molecule has 0 aliphatic carbocycles. The maximum absolute atomic E-state index is 7.47. The predicted molar refractivity (Wildman–Crippen MR) is 224 cm³/mol. The molecule has 7 aromatic carbocycles. The Hall–Kier alpha value is -2.48. The van der Waals surface area contributed by atoms with Crippen molar-refractivity contribution < 1.29 is 34.0 Å². The average molecular weight is 926 g/mol. The van der Waals surface area contributed by atoms with Crippen LogP contribution in [0, 0.1) is 0 Å². The Morgan fingerprint density at radius 1 is 0.269 bits per heavy atom. The minimum absolute atomic E-state index is 0. The minimum Gasteiger partial charge on any atom is -1.00 e. The van der Waals surface area contributed by atoms with Crippen molar-refractivity contribution in [3.63, 3.8) is 0 Å². The Balaban J connectivity index is 0.00000261. The molecule has 8 heteroatoms. The molecule has 0 nitrogen and oxygen atoms in total. The first kappa shape index (κ1) is 40.7. The Morgan fingerprint density at radius 2 is 0.423 bits per heavy atom. The molecule has 7 aromatic rings. The first-order chi connectivity index (χ1) is 24.5. The lowest BCUT2D eigenvalue weighted by molar-refractivity contribution is -0.00100. The van der Waals surface area contributed by atoms with Gasteiger partial charge in [-0.1, -0.05) is 156 Å². The van der Waals surface area contributed by atoms with Crippen LogP contribution < -0.4 is 65.8 Å². The van der Waals surface area contributed by atoms with Gasteiger partial charge in [0.15, 0.2) is 0 Å². The quantitative estimate of drug-likeness (QED) is 0.129. The molecule has 7 rings (SSSR count). The molecule has 0 amide bonds. The maximum Gasteiger partial charge on any atom is 0.116 e. The van der Waals surface area contributed by atoms with Crippen molar-refractivity contribution in [2.45, 2.75) is 12.3 Å². The van der Waals surface area contributed by atoms with Gasteiger partial charge in [0, 0.05) is 11.1 Å². The summed E-state index contributed by atoms with van der Waals surface area (Å²) in [6, 6.07) is 64.1. The molecule has 0 bridgehead atoms. The zero-order valence-electron chi connectivity index (χ0n) is 27.9. The fourth-order valence-corrected chi connectivity index (χ4v) is 17.1. The van der Waals surface area contributed by atoms with E-state index in [1.165, 1.54) is 31.8 Å². The maximum atomic E-state index is 7.47. The van der Waals surface area contributed by atoms with Crippen molar-refractivity contribution in [1.82, 2.24) is 0 Å². The van der Waals surface area contributed by atoms with E-state index in [0.717, 1.165) is 11.1 Å². The van der Waals surface area contributed by atoms with Gasteiger partial charge in [0.1, 0.15) is 58.7 Å². The summed E-state index contributed by atoms with van der Waals surface area (Å²) in [7, 11) is -4.69. The number of hydrogen-bond acceptors (Lipinski definition) is 0. The molecule has 0 aliphatic rings. The molecule has 0 saturated carbocycles. The van der Waals surface area contributed by atoms with Crippen LogP contribution in [-0.2, 0) is 12.3 Å². The van der Waals surface area contributed by atoms with E-state index in [4.69, 9.17) is 46.4 Å². The molecule has 0 saturated heterocycles. The smallest absolute Gasteiger partial charge is 0.116 e. The molecular weight excluding hydrogens is 892 g/mol. The van der Waals surface area contributed by atoms with Gasteiger partial charge in [-0.2, -0.15) is 0 Å². The zero-order valence-corrected chi connectivity index (χ0v) is 35.9. The van der Waals surface area contributed by atoms with Crippen molar-refractivity contribution in [2.24, 2.45) is 0 Å². The lowest BCUT2D eigenvalue weighted by atomic mass is 10.1. The second-order valence-electron chi connectivity index (χ2n) is 12.2. The molecule has 0 heterocycles. The Kier molecular flexibility index (Phi) is 14.3. The lowest BCUT2D eigenvalue weighted by Crippen LogP contribution is -3.00. The van der Waals surface area contributed by atoms with Crippen molar-refractivity contribution in [1.29, 1.82) is 0 Å². The molecule has 0 radical (unpaired) electrons. The Labute approximate surface area is 349 Å². The van der Waals surface area contributed by atoms with Crippen molar-refractivity contribution in [3.8, 4) is 0 Å². The molecule has 0 aromatic heterocycles. The van der Waals surface area contributed by atoms with Gasteiger partial charge in [-0.05, 0) is 72.8 Å². The second kappa shape index (κ2) is 18.2. The highest BCUT2D eigenvalue weighted by Gasteiger charge is 2.49. The molecule has 262 valence electrons. The van der Waals surface area contributed by atoms with Crippen LogP contribution in [0.5, 0.6) is 0 Å². The summed E-state index contributed by atoms with van der Waals surface area (Å²) in [5, 5.41) is 9.17. The van der Waals surface area contributed by atoms with Gasteiger partial charge in [0.05, 0.1) is 20.1 Å². The van der Waals surface area contributed by atoms with Crippen LogP contribution >= 0.6 is 60.9 Å². The monoisotopic (exact) mass is 922 g/mol. The minimum atomic E-state index is -2.35. The summed E-state index contributed by atoms with van der Waals surface area (Å²) in [5.74, 6) is 0.